The topological polar surface area (TPSA) is 0 Å². The van der Waals surface area contributed by atoms with E-state index in [9.17, 15) is 0 Å². The molecule has 7 rings (SSSR count). The molecule has 0 nitrogen and oxygen atoms in total. The SMILES string of the molecule is Cc1ccc2c(c1)C(F)(F)c1cc3c(cc1-2)C(F)(F)c1cc(-c2ccc(-c4ccc(C)s4)s2)ccc1-3. The monoisotopic (exact) mass is 518 g/mol. The molecule has 2 aliphatic rings. The average molecular weight is 519 g/mol. The summed E-state index contributed by atoms with van der Waals surface area (Å²) in [7, 11) is 0. The number of alkyl halides is 4. The van der Waals surface area contributed by atoms with E-state index < -0.39 is 11.8 Å². The maximum Gasteiger partial charge on any atom is 0.299 e. The summed E-state index contributed by atoms with van der Waals surface area (Å²) in [5, 5.41) is 0. The minimum absolute atomic E-state index is 0.116. The van der Waals surface area contributed by atoms with Crippen molar-refractivity contribution in [1.29, 1.82) is 0 Å². The van der Waals surface area contributed by atoms with Crippen LogP contribution >= 0.6 is 22.7 Å². The van der Waals surface area contributed by atoms with E-state index in [1.165, 1.54) is 29.1 Å². The molecular formula is C30H18F4S2. The van der Waals surface area contributed by atoms with Crippen LogP contribution in [-0.2, 0) is 11.8 Å². The Balaban J connectivity index is 1.35. The van der Waals surface area contributed by atoms with Crippen molar-refractivity contribution >= 4 is 22.7 Å². The van der Waals surface area contributed by atoms with Crippen molar-refractivity contribution in [3.63, 3.8) is 0 Å². The zero-order valence-electron chi connectivity index (χ0n) is 19.3. The first-order valence-electron chi connectivity index (χ1n) is 11.5. The molecule has 0 bridgehead atoms. The summed E-state index contributed by atoms with van der Waals surface area (Å²) in [6.07, 6.45) is 0. The Kier molecular flexibility index (Phi) is 4.39. The van der Waals surface area contributed by atoms with E-state index in [-0.39, 0.29) is 33.4 Å². The number of hydrogen-bond donors (Lipinski definition) is 0. The van der Waals surface area contributed by atoms with E-state index in [0.717, 1.165) is 14.6 Å². The van der Waals surface area contributed by atoms with Crippen molar-refractivity contribution in [3.05, 3.63) is 105 Å². The van der Waals surface area contributed by atoms with Gasteiger partial charge in [0.2, 0.25) is 0 Å². The molecule has 0 spiro atoms. The van der Waals surface area contributed by atoms with E-state index >= 15 is 17.6 Å². The van der Waals surface area contributed by atoms with Gasteiger partial charge in [-0.1, -0.05) is 29.8 Å². The van der Waals surface area contributed by atoms with Gasteiger partial charge in [-0.25, -0.2) is 0 Å². The molecule has 2 aromatic heterocycles. The molecule has 2 heterocycles. The van der Waals surface area contributed by atoms with Crippen LogP contribution in [0, 0.1) is 13.8 Å². The molecule has 0 atom stereocenters. The minimum Gasteiger partial charge on any atom is -0.196 e. The lowest BCUT2D eigenvalue weighted by Gasteiger charge is -2.15. The molecule has 0 N–H and O–H groups in total. The molecule has 5 aromatic rings. The van der Waals surface area contributed by atoms with Crippen LogP contribution in [0.1, 0.15) is 32.7 Å². The lowest BCUT2D eigenvalue weighted by atomic mass is 9.96. The van der Waals surface area contributed by atoms with Crippen LogP contribution < -0.4 is 0 Å². The largest absolute Gasteiger partial charge is 0.299 e. The average Bonchev–Trinajstić information content (AvgIpc) is 3.59. The summed E-state index contributed by atoms with van der Waals surface area (Å²) < 4.78 is 62.4. The quantitative estimate of drug-likeness (QED) is 0.204. The standard InChI is InChI=1S/C30H18F4S2/c1-15-3-6-18-20-13-25-21(14-24(20)29(31,32)22(18)11-15)19-7-5-17(12-23(19)30(25,33)34)26-9-10-28(36-26)27-8-4-16(2)35-27/h3-14H,1-2H3. The molecule has 2 aliphatic carbocycles. The van der Waals surface area contributed by atoms with E-state index in [1.807, 2.05) is 25.1 Å². The number of fused-ring (bicyclic) bond motifs is 6. The summed E-state index contributed by atoms with van der Waals surface area (Å²) in [4.78, 5) is 4.34. The lowest BCUT2D eigenvalue weighted by molar-refractivity contribution is 0.0451. The van der Waals surface area contributed by atoms with Crippen LogP contribution in [0.2, 0.25) is 0 Å². The van der Waals surface area contributed by atoms with Crippen LogP contribution in [0.3, 0.4) is 0 Å². The first-order chi connectivity index (χ1) is 17.1. The Morgan fingerprint density at radius 3 is 1.67 bits per heavy atom. The van der Waals surface area contributed by atoms with Crippen molar-refractivity contribution in [2.24, 2.45) is 0 Å². The van der Waals surface area contributed by atoms with Crippen LogP contribution in [0.5, 0.6) is 0 Å². The van der Waals surface area contributed by atoms with Crippen LogP contribution in [0.15, 0.2) is 72.8 Å². The van der Waals surface area contributed by atoms with E-state index in [0.29, 0.717) is 22.3 Å². The van der Waals surface area contributed by atoms with Crippen molar-refractivity contribution in [1.82, 2.24) is 0 Å². The second-order valence-corrected chi connectivity index (χ2v) is 11.8. The Morgan fingerprint density at radius 1 is 0.500 bits per heavy atom. The summed E-state index contributed by atoms with van der Waals surface area (Å²) in [5.74, 6) is -6.50. The summed E-state index contributed by atoms with van der Waals surface area (Å²) in [6.45, 7) is 3.80. The number of hydrogen-bond acceptors (Lipinski definition) is 2. The molecule has 178 valence electrons. The van der Waals surface area contributed by atoms with Gasteiger partial charge in [0, 0.05) is 41.8 Å². The zero-order valence-corrected chi connectivity index (χ0v) is 20.9. The summed E-state index contributed by atoms with van der Waals surface area (Å²) >= 11 is 3.25. The molecule has 36 heavy (non-hydrogen) atoms. The highest BCUT2D eigenvalue weighted by Gasteiger charge is 2.50. The van der Waals surface area contributed by atoms with Gasteiger partial charge in [0.15, 0.2) is 0 Å². The molecule has 3 aromatic carbocycles. The van der Waals surface area contributed by atoms with E-state index in [1.54, 1.807) is 47.8 Å². The fraction of sp³-hybridized carbons (Fsp3) is 0.133. The van der Waals surface area contributed by atoms with Gasteiger partial charge < -0.3 is 0 Å². The Labute approximate surface area is 213 Å². The summed E-state index contributed by atoms with van der Waals surface area (Å²) in [5.41, 5.74) is 1.76. The van der Waals surface area contributed by atoms with Gasteiger partial charge in [-0.3, -0.25) is 0 Å². The Hall–Kier alpha value is -3.22. The van der Waals surface area contributed by atoms with Crippen LogP contribution in [-0.4, -0.2) is 0 Å². The molecule has 0 saturated carbocycles. The predicted molar refractivity (Wildman–Crippen MR) is 139 cm³/mol. The molecular weight excluding hydrogens is 500 g/mol. The van der Waals surface area contributed by atoms with Gasteiger partial charge >= 0.3 is 0 Å². The molecule has 0 unspecified atom stereocenters. The second-order valence-electron chi connectivity index (χ2n) is 9.48. The summed E-state index contributed by atoms with van der Waals surface area (Å²) in [6, 6.07) is 20.4. The minimum atomic E-state index is -3.27. The van der Waals surface area contributed by atoms with Gasteiger partial charge in [0.1, 0.15) is 0 Å². The highest BCUT2D eigenvalue weighted by molar-refractivity contribution is 7.23. The zero-order chi connectivity index (χ0) is 25.0. The number of halogens is 4. The number of thiophene rings is 2. The van der Waals surface area contributed by atoms with E-state index in [4.69, 9.17) is 0 Å². The second kappa shape index (κ2) is 7.17. The van der Waals surface area contributed by atoms with Gasteiger partial charge in [-0.15, -0.1) is 22.7 Å². The number of rotatable bonds is 2. The van der Waals surface area contributed by atoms with Crippen molar-refractivity contribution in [2.45, 2.75) is 25.7 Å². The first kappa shape index (κ1) is 22.0. The highest BCUT2D eigenvalue weighted by atomic mass is 32.1. The fourth-order valence-corrected chi connectivity index (χ4v) is 7.35. The number of aryl methyl sites for hydroxylation is 2. The van der Waals surface area contributed by atoms with Gasteiger partial charge in [0.25, 0.3) is 11.8 Å². The first-order valence-corrected chi connectivity index (χ1v) is 13.2. The van der Waals surface area contributed by atoms with Crippen molar-refractivity contribution in [2.75, 3.05) is 0 Å². The normalized spacial score (nSPS) is 15.9. The third kappa shape index (κ3) is 2.91. The van der Waals surface area contributed by atoms with Gasteiger partial charge in [0.05, 0.1) is 0 Å². The van der Waals surface area contributed by atoms with Crippen molar-refractivity contribution in [3.8, 4) is 42.4 Å². The molecule has 0 amide bonds. The highest BCUT2D eigenvalue weighted by Crippen LogP contribution is 2.58. The Bertz CT molecular complexity index is 1720. The third-order valence-corrected chi connectivity index (χ3v) is 9.49. The van der Waals surface area contributed by atoms with Gasteiger partial charge in [-0.05, 0) is 90.2 Å². The smallest absolute Gasteiger partial charge is 0.196 e. The maximum atomic E-state index is 15.8. The Morgan fingerprint density at radius 2 is 1.03 bits per heavy atom. The molecule has 6 heteroatoms. The predicted octanol–water partition coefficient (Wildman–Crippen LogP) is 10.0. The molecule has 0 saturated heterocycles. The maximum absolute atomic E-state index is 15.8. The fourth-order valence-electron chi connectivity index (χ4n) is 5.39. The molecule has 0 radical (unpaired) electrons. The lowest BCUT2D eigenvalue weighted by Crippen LogP contribution is -2.13. The number of benzene rings is 3. The molecule has 0 aliphatic heterocycles. The van der Waals surface area contributed by atoms with Gasteiger partial charge in [-0.2, -0.15) is 17.6 Å². The third-order valence-electron chi connectivity index (χ3n) is 7.16. The van der Waals surface area contributed by atoms with E-state index in [2.05, 4.69) is 12.1 Å². The molecule has 0 fully saturated rings. The van der Waals surface area contributed by atoms with Crippen molar-refractivity contribution < 1.29 is 17.6 Å². The van der Waals surface area contributed by atoms with Crippen LogP contribution in [0.25, 0.3) is 42.4 Å². The van der Waals surface area contributed by atoms with Crippen LogP contribution in [0.4, 0.5) is 17.6 Å².